The van der Waals surface area contributed by atoms with Gasteiger partial charge in [-0.1, -0.05) is 31.2 Å². The number of benzene rings is 2. The van der Waals surface area contributed by atoms with Crippen molar-refractivity contribution in [3.63, 3.8) is 0 Å². The number of rotatable bonds is 4. The van der Waals surface area contributed by atoms with E-state index >= 15 is 0 Å². The first-order chi connectivity index (χ1) is 13.1. The molecule has 1 heterocycles. The number of anilines is 2. The first kappa shape index (κ1) is 17.8. The Morgan fingerprint density at radius 3 is 2.81 bits per heavy atom. The second kappa shape index (κ2) is 7.18. The lowest BCUT2D eigenvalue weighted by molar-refractivity contribution is -0.122. The van der Waals surface area contributed by atoms with E-state index in [9.17, 15) is 9.59 Å². The molecule has 1 fully saturated rings. The van der Waals surface area contributed by atoms with Gasteiger partial charge in [0.1, 0.15) is 0 Å². The number of amides is 2. The summed E-state index contributed by atoms with van der Waals surface area (Å²) in [4.78, 5) is 27.2. The van der Waals surface area contributed by atoms with Gasteiger partial charge in [-0.25, -0.2) is 0 Å². The molecule has 1 saturated heterocycles. The van der Waals surface area contributed by atoms with Crippen LogP contribution in [0.3, 0.4) is 0 Å². The van der Waals surface area contributed by atoms with Gasteiger partial charge in [-0.05, 0) is 67.0 Å². The second-order valence-corrected chi connectivity index (χ2v) is 7.66. The molecule has 1 N–H and O–H groups in total. The Hall–Kier alpha value is -2.62. The molecule has 2 aliphatic rings. The number of hydrogen-bond acceptors (Lipinski definition) is 2. The smallest absolute Gasteiger partial charge is 0.229 e. The molecule has 0 radical (unpaired) electrons. The summed E-state index contributed by atoms with van der Waals surface area (Å²) in [6.07, 6.45) is 4.54. The molecule has 0 aromatic heterocycles. The Morgan fingerprint density at radius 1 is 1.19 bits per heavy atom. The van der Waals surface area contributed by atoms with Crippen LogP contribution in [-0.2, 0) is 28.9 Å². The van der Waals surface area contributed by atoms with E-state index in [0.717, 1.165) is 41.8 Å². The molecule has 0 saturated carbocycles. The van der Waals surface area contributed by atoms with Crippen molar-refractivity contribution in [1.82, 2.24) is 0 Å². The lowest BCUT2D eigenvalue weighted by atomic mass is 10.0. The van der Waals surface area contributed by atoms with E-state index in [4.69, 9.17) is 0 Å². The zero-order valence-electron chi connectivity index (χ0n) is 16.0. The number of hydrogen-bond donors (Lipinski definition) is 1. The summed E-state index contributed by atoms with van der Waals surface area (Å²) in [6, 6.07) is 12.4. The molecule has 4 rings (SSSR count). The molecule has 0 spiro atoms. The molecule has 140 valence electrons. The van der Waals surface area contributed by atoms with Crippen LogP contribution < -0.4 is 10.2 Å². The molecular weight excluding hydrogens is 336 g/mol. The van der Waals surface area contributed by atoms with Crippen molar-refractivity contribution in [1.29, 1.82) is 0 Å². The number of fused-ring (bicyclic) bond motifs is 1. The lowest BCUT2D eigenvalue weighted by Gasteiger charge is -2.19. The van der Waals surface area contributed by atoms with Crippen LogP contribution in [0.4, 0.5) is 11.4 Å². The summed E-state index contributed by atoms with van der Waals surface area (Å²) < 4.78 is 0. The average Bonchev–Trinajstić information content (AvgIpc) is 3.29. The molecule has 4 nitrogen and oxygen atoms in total. The minimum Gasteiger partial charge on any atom is -0.325 e. The van der Waals surface area contributed by atoms with E-state index in [0.29, 0.717) is 6.54 Å². The van der Waals surface area contributed by atoms with Crippen molar-refractivity contribution in [3.8, 4) is 0 Å². The fraction of sp³-hybridized carbons (Fsp3) is 0.391. The van der Waals surface area contributed by atoms with Crippen LogP contribution in [0.5, 0.6) is 0 Å². The molecule has 1 aliphatic carbocycles. The van der Waals surface area contributed by atoms with Gasteiger partial charge in [-0.15, -0.1) is 0 Å². The zero-order valence-corrected chi connectivity index (χ0v) is 16.0. The monoisotopic (exact) mass is 362 g/mol. The highest BCUT2D eigenvalue weighted by Gasteiger charge is 2.35. The Morgan fingerprint density at radius 2 is 2.00 bits per heavy atom. The molecule has 2 aromatic carbocycles. The fourth-order valence-corrected chi connectivity index (χ4v) is 4.29. The molecule has 2 aromatic rings. The minimum absolute atomic E-state index is 0.0357. The number of nitrogens with zero attached hydrogens (tertiary/aromatic N) is 1. The maximum atomic E-state index is 12.9. The summed E-state index contributed by atoms with van der Waals surface area (Å²) >= 11 is 0. The molecule has 27 heavy (non-hydrogen) atoms. The SMILES string of the molecule is CCc1cccc(C)c1NC(=O)C1CC(=O)N(c2ccc3c(c2)CCC3)C1. The molecule has 0 bridgehead atoms. The highest BCUT2D eigenvalue weighted by atomic mass is 16.2. The Labute approximate surface area is 160 Å². The number of para-hydroxylation sites is 1. The average molecular weight is 362 g/mol. The van der Waals surface area contributed by atoms with Gasteiger partial charge in [-0.2, -0.15) is 0 Å². The van der Waals surface area contributed by atoms with E-state index in [-0.39, 0.29) is 24.2 Å². The Balaban J connectivity index is 1.50. The fourth-order valence-electron chi connectivity index (χ4n) is 4.29. The van der Waals surface area contributed by atoms with Crippen molar-refractivity contribution in [2.45, 2.75) is 46.0 Å². The van der Waals surface area contributed by atoms with Gasteiger partial charge in [0.05, 0.1) is 5.92 Å². The third-order valence-electron chi connectivity index (χ3n) is 5.88. The standard InChI is InChI=1S/C23H26N2O2/c1-3-16-7-4-6-15(2)22(16)24-23(27)19-13-21(26)25(14-19)20-11-10-17-8-5-9-18(17)12-20/h4,6-7,10-12,19H,3,5,8-9,13-14H2,1-2H3,(H,24,27). The Bertz CT molecular complexity index is 903. The van der Waals surface area contributed by atoms with Gasteiger partial charge < -0.3 is 10.2 Å². The van der Waals surface area contributed by atoms with Crippen LogP contribution in [-0.4, -0.2) is 18.4 Å². The van der Waals surface area contributed by atoms with E-state index < -0.39 is 0 Å². The van der Waals surface area contributed by atoms with Crippen molar-refractivity contribution in [2.24, 2.45) is 5.92 Å². The van der Waals surface area contributed by atoms with E-state index in [1.54, 1.807) is 4.90 Å². The minimum atomic E-state index is -0.310. The molecule has 1 unspecified atom stereocenters. The van der Waals surface area contributed by atoms with Gasteiger partial charge in [-0.3, -0.25) is 9.59 Å². The number of nitrogens with one attached hydrogen (secondary N) is 1. The largest absolute Gasteiger partial charge is 0.325 e. The third kappa shape index (κ3) is 3.36. The summed E-state index contributed by atoms with van der Waals surface area (Å²) in [5.74, 6) is -0.334. The van der Waals surface area contributed by atoms with Gasteiger partial charge in [0.2, 0.25) is 11.8 Å². The van der Waals surface area contributed by atoms with Gasteiger partial charge in [0.25, 0.3) is 0 Å². The van der Waals surface area contributed by atoms with Crippen molar-refractivity contribution in [2.75, 3.05) is 16.8 Å². The normalized spacial score (nSPS) is 18.7. The third-order valence-corrected chi connectivity index (χ3v) is 5.88. The lowest BCUT2D eigenvalue weighted by Crippen LogP contribution is -2.28. The van der Waals surface area contributed by atoms with Gasteiger partial charge in [0.15, 0.2) is 0 Å². The number of carbonyl (C=O) groups excluding carboxylic acids is 2. The van der Waals surface area contributed by atoms with Crippen LogP contribution in [0.25, 0.3) is 0 Å². The second-order valence-electron chi connectivity index (χ2n) is 7.66. The van der Waals surface area contributed by atoms with Crippen LogP contribution in [0.15, 0.2) is 36.4 Å². The van der Waals surface area contributed by atoms with Crippen molar-refractivity contribution in [3.05, 3.63) is 58.7 Å². The van der Waals surface area contributed by atoms with Gasteiger partial charge in [0, 0.05) is 24.3 Å². The highest BCUT2D eigenvalue weighted by Crippen LogP contribution is 2.31. The molecule has 4 heteroatoms. The summed E-state index contributed by atoms with van der Waals surface area (Å²) in [7, 11) is 0. The molecule has 2 amide bonds. The van der Waals surface area contributed by atoms with Crippen LogP contribution >= 0.6 is 0 Å². The molecular formula is C23H26N2O2. The van der Waals surface area contributed by atoms with Gasteiger partial charge >= 0.3 is 0 Å². The van der Waals surface area contributed by atoms with E-state index in [1.165, 1.54) is 17.5 Å². The quantitative estimate of drug-likeness (QED) is 0.892. The Kier molecular flexibility index (Phi) is 4.73. The van der Waals surface area contributed by atoms with Crippen molar-refractivity contribution >= 4 is 23.2 Å². The first-order valence-electron chi connectivity index (χ1n) is 9.88. The maximum absolute atomic E-state index is 12.9. The summed E-state index contributed by atoms with van der Waals surface area (Å²) in [6.45, 7) is 4.54. The van der Waals surface area contributed by atoms with Crippen LogP contribution in [0.1, 0.15) is 42.0 Å². The predicted molar refractivity (Wildman–Crippen MR) is 108 cm³/mol. The molecule has 1 aliphatic heterocycles. The first-order valence-corrected chi connectivity index (χ1v) is 9.88. The summed E-state index contributed by atoms with van der Waals surface area (Å²) in [5.41, 5.74) is 6.76. The van der Waals surface area contributed by atoms with Crippen molar-refractivity contribution < 1.29 is 9.59 Å². The maximum Gasteiger partial charge on any atom is 0.229 e. The summed E-state index contributed by atoms with van der Waals surface area (Å²) in [5, 5.41) is 3.09. The predicted octanol–water partition coefficient (Wildman–Crippen LogP) is 4.04. The number of carbonyl (C=O) groups is 2. The van der Waals surface area contributed by atoms with Crippen LogP contribution in [0.2, 0.25) is 0 Å². The van der Waals surface area contributed by atoms with Crippen LogP contribution in [0, 0.1) is 12.8 Å². The van der Waals surface area contributed by atoms with E-state index in [2.05, 4.69) is 24.4 Å². The topological polar surface area (TPSA) is 49.4 Å². The zero-order chi connectivity index (χ0) is 19.0. The number of aryl methyl sites for hydroxylation is 4. The van der Waals surface area contributed by atoms with E-state index in [1.807, 2.05) is 31.2 Å². The highest BCUT2D eigenvalue weighted by molar-refractivity contribution is 6.04. The molecule has 1 atom stereocenters.